The fourth-order valence-corrected chi connectivity index (χ4v) is 3.38. The summed E-state index contributed by atoms with van der Waals surface area (Å²) < 4.78 is 0. The Bertz CT molecular complexity index is 443. The van der Waals surface area contributed by atoms with Crippen molar-refractivity contribution in [3.63, 3.8) is 0 Å². The second kappa shape index (κ2) is 5.49. The molecule has 0 aliphatic heterocycles. The highest BCUT2D eigenvalue weighted by molar-refractivity contribution is 7.15. The van der Waals surface area contributed by atoms with Crippen LogP contribution < -0.4 is 5.32 Å². The first-order valence-electron chi connectivity index (χ1n) is 6.84. The fraction of sp³-hybridized carbons (Fsp3) is 0.714. The molecule has 1 aliphatic carbocycles. The molecule has 1 saturated carbocycles. The van der Waals surface area contributed by atoms with E-state index < -0.39 is 11.4 Å². The third-order valence-corrected chi connectivity index (χ3v) is 5.32. The Morgan fingerprint density at radius 2 is 2.11 bits per heavy atom. The van der Waals surface area contributed by atoms with Gasteiger partial charge in [-0.15, -0.1) is 11.3 Å². The second-order valence-electron chi connectivity index (χ2n) is 5.78. The van der Waals surface area contributed by atoms with Crippen LogP contribution in [-0.4, -0.2) is 22.6 Å². The van der Waals surface area contributed by atoms with Gasteiger partial charge in [0.2, 0.25) is 0 Å². The molecule has 2 rings (SSSR count). The van der Waals surface area contributed by atoms with E-state index in [1.54, 1.807) is 11.3 Å². The van der Waals surface area contributed by atoms with Crippen molar-refractivity contribution >= 4 is 22.4 Å². The Kier molecular flexibility index (Phi) is 4.13. The summed E-state index contributed by atoms with van der Waals surface area (Å²) in [6.45, 7) is 6.70. The molecule has 0 saturated heterocycles. The number of rotatable bonds is 4. The molecule has 0 spiro atoms. The molecule has 1 aromatic rings. The molecule has 5 heteroatoms. The minimum atomic E-state index is -0.670. The summed E-state index contributed by atoms with van der Waals surface area (Å²) in [5, 5.41) is 13.6. The smallest absolute Gasteiger partial charge is 0.311 e. The van der Waals surface area contributed by atoms with Gasteiger partial charge in [0.25, 0.3) is 0 Å². The Balaban J connectivity index is 2.03. The van der Waals surface area contributed by atoms with E-state index in [1.165, 1.54) is 4.88 Å². The Labute approximate surface area is 118 Å². The molecule has 0 radical (unpaired) electrons. The van der Waals surface area contributed by atoms with Gasteiger partial charge in [-0.1, -0.05) is 6.92 Å². The number of nitrogens with one attached hydrogen (secondary N) is 1. The van der Waals surface area contributed by atoms with Crippen LogP contribution in [0, 0.1) is 25.2 Å². The summed E-state index contributed by atoms with van der Waals surface area (Å²) in [6, 6.07) is 0. The zero-order chi connectivity index (χ0) is 14.0. The van der Waals surface area contributed by atoms with Gasteiger partial charge < -0.3 is 10.4 Å². The number of hydrogen-bond acceptors (Lipinski definition) is 4. The van der Waals surface area contributed by atoms with Crippen molar-refractivity contribution in [2.75, 3.05) is 11.9 Å². The van der Waals surface area contributed by atoms with Gasteiger partial charge in [0.1, 0.15) is 0 Å². The lowest BCUT2D eigenvalue weighted by Crippen LogP contribution is -2.41. The summed E-state index contributed by atoms with van der Waals surface area (Å²) in [6.07, 6.45) is 3.54. The molecule has 1 fully saturated rings. The minimum absolute atomic E-state index is 0.488. The summed E-state index contributed by atoms with van der Waals surface area (Å²) in [4.78, 5) is 17.2. The number of carbonyl (C=O) groups is 1. The summed E-state index contributed by atoms with van der Waals surface area (Å²) in [7, 11) is 0. The van der Waals surface area contributed by atoms with Gasteiger partial charge in [-0.25, -0.2) is 4.98 Å². The number of nitrogens with zero attached hydrogens (tertiary/aromatic N) is 1. The fourth-order valence-electron chi connectivity index (χ4n) is 2.57. The van der Waals surface area contributed by atoms with Gasteiger partial charge in [0.15, 0.2) is 5.13 Å². The summed E-state index contributed by atoms with van der Waals surface area (Å²) in [5.41, 5.74) is 0.411. The molecule has 0 atom stereocenters. The molecule has 106 valence electrons. The van der Waals surface area contributed by atoms with Crippen LogP contribution in [0.4, 0.5) is 5.13 Å². The van der Waals surface area contributed by atoms with Crippen molar-refractivity contribution in [1.82, 2.24) is 4.98 Å². The zero-order valence-corrected chi connectivity index (χ0v) is 12.6. The largest absolute Gasteiger partial charge is 0.481 e. The van der Waals surface area contributed by atoms with Crippen LogP contribution in [0.1, 0.15) is 43.2 Å². The SMILES string of the molecule is Cc1nc(NCC2(C(=O)O)CCC(C)CC2)sc1C. The quantitative estimate of drug-likeness (QED) is 0.888. The number of carboxylic acids is 1. The van der Waals surface area contributed by atoms with E-state index >= 15 is 0 Å². The zero-order valence-electron chi connectivity index (χ0n) is 11.8. The molecule has 1 aliphatic rings. The third kappa shape index (κ3) is 3.08. The molecule has 0 amide bonds. The third-order valence-electron chi connectivity index (χ3n) is 4.29. The first-order chi connectivity index (χ1) is 8.93. The molecule has 2 N–H and O–H groups in total. The number of hydrogen-bond donors (Lipinski definition) is 2. The highest BCUT2D eigenvalue weighted by Gasteiger charge is 2.41. The predicted octanol–water partition coefficient (Wildman–Crippen LogP) is 3.45. The lowest BCUT2D eigenvalue weighted by atomic mass is 9.71. The van der Waals surface area contributed by atoms with Gasteiger partial charge in [-0.3, -0.25) is 4.79 Å². The van der Waals surface area contributed by atoms with E-state index in [2.05, 4.69) is 17.2 Å². The normalized spacial score (nSPS) is 27.2. The minimum Gasteiger partial charge on any atom is -0.481 e. The van der Waals surface area contributed by atoms with Gasteiger partial charge in [0.05, 0.1) is 11.1 Å². The van der Waals surface area contributed by atoms with Crippen molar-refractivity contribution in [2.45, 2.75) is 46.5 Å². The average molecular weight is 282 g/mol. The summed E-state index contributed by atoms with van der Waals surface area (Å²) in [5.74, 6) is -0.0197. The molecule has 0 aromatic carbocycles. The van der Waals surface area contributed by atoms with E-state index in [9.17, 15) is 9.90 Å². The van der Waals surface area contributed by atoms with E-state index in [0.29, 0.717) is 12.5 Å². The standard InChI is InChI=1S/C14H22N2O2S/c1-9-4-6-14(7-5-9,12(17)18)8-15-13-16-10(2)11(3)19-13/h9H,4-8H2,1-3H3,(H,15,16)(H,17,18). The van der Waals surface area contributed by atoms with Gasteiger partial charge in [-0.2, -0.15) is 0 Å². The van der Waals surface area contributed by atoms with Crippen LogP contribution in [-0.2, 0) is 4.79 Å². The second-order valence-corrected chi connectivity index (χ2v) is 6.99. The number of carboxylic acid groups (broad SMARTS) is 1. The maximum Gasteiger partial charge on any atom is 0.311 e. The monoisotopic (exact) mass is 282 g/mol. The molecular formula is C14H22N2O2S. The first-order valence-corrected chi connectivity index (χ1v) is 7.66. The lowest BCUT2D eigenvalue weighted by molar-refractivity contribution is -0.150. The molecular weight excluding hydrogens is 260 g/mol. The number of aryl methyl sites for hydroxylation is 2. The Hall–Kier alpha value is -1.10. The van der Waals surface area contributed by atoms with Crippen LogP contribution in [0.2, 0.25) is 0 Å². The average Bonchev–Trinajstić information content (AvgIpc) is 2.68. The number of aromatic nitrogens is 1. The number of aliphatic carboxylic acids is 1. The highest BCUT2D eigenvalue weighted by Crippen LogP contribution is 2.39. The van der Waals surface area contributed by atoms with E-state index in [-0.39, 0.29) is 0 Å². The molecule has 1 aromatic heterocycles. The van der Waals surface area contributed by atoms with Crippen molar-refractivity contribution in [3.05, 3.63) is 10.6 Å². The first kappa shape index (κ1) is 14.3. The Morgan fingerprint density at radius 1 is 1.47 bits per heavy atom. The van der Waals surface area contributed by atoms with Crippen LogP contribution in [0.5, 0.6) is 0 Å². The lowest BCUT2D eigenvalue weighted by Gasteiger charge is -2.35. The highest BCUT2D eigenvalue weighted by atomic mass is 32.1. The van der Waals surface area contributed by atoms with Crippen LogP contribution in [0.15, 0.2) is 0 Å². The maximum atomic E-state index is 11.6. The Morgan fingerprint density at radius 3 is 2.58 bits per heavy atom. The maximum absolute atomic E-state index is 11.6. The summed E-state index contributed by atoms with van der Waals surface area (Å²) >= 11 is 1.60. The molecule has 4 nitrogen and oxygen atoms in total. The topological polar surface area (TPSA) is 62.2 Å². The molecule has 19 heavy (non-hydrogen) atoms. The predicted molar refractivity (Wildman–Crippen MR) is 77.8 cm³/mol. The van der Waals surface area contributed by atoms with E-state index in [4.69, 9.17) is 0 Å². The number of thiazole rings is 1. The van der Waals surface area contributed by atoms with E-state index in [0.717, 1.165) is 36.5 Å². The van der Waals surface area contributed by atoms with Gasteiger partial charge >= 0.3 is 5.97 Å². The number of anilines is 1. The van der Waals surface area contributed by atoms with Crippen LogP contribution >= 0.6 is 11.3 Å². The van der Waals surface area contributed by atoms with Crippen molar-refractivity contribution < 1.29 is 9.90 Å². The van der Waals surface area contributed by atoms with Crippen LogP contribution in [0.25, 0.3) is 0 Å². The molecule has 0 bridgehead atoms. The van der Waals surface area contributed by atoms with Crippen LogP contribution in [0.3, 0.4) is 0 Å². The van der Waals surface area contributed by atoms with Gasteiger partial charge in [0, 0.05) is 11.4 Å². The van der Waals surface area contributed by atoms with E-state index in [1.807, 2.05) is 13.8 Å². The van der Waals surface area contributed by atoms with Crippen molar-refractivity contribution in [3.8, 4) is 0 Å². The molecule has 0 unspecified atom stereocenters. The molecule has 1 heterocycles. The van der Waals surface area contributed by atoms with Gasteiger partial charge in [-0.05, 0) is 45.4 Å². The van der Waals surface area contributed by atoms with Crippen molar-refractivity contribution in [2.24, 2.45) is 11.3 Å². The van der Waals surface area contributed by atoms with Crippen molar-refractivity contribution in [1.29, 1.82) is 0 Å².